The molecule has 0 bridgehead atoms. The summed E-state index contributed by atoms with van der Waals surface area (Å²) in [7, 11) is 0. The van der Waals surface area contributed by atoms with Crippen molar-refractivity contribution in [2.24, 2.45) is 0 Å². The first-order valence-corrected chi connectivity index (χ1v) is 4.80. The van der Waals surface area contributed by atoms with E-state index in [0.717, 1.165) is 11.1 Å². The lowest BCUT2D eigenvalue weighted by Crippen LogP contribution is -2.00. The molecule has 0 atom stereocenters. The zero-order valence-electron chi connectivity index (χ0n) is 9.33. The summed E-state index contributed by atoms with van der Waals surface area (Å²) in [5.41, 5.74) is 1.96. The van der Waals surface area contributed by atoms with E-state index in [1.807, 2.05) is 39.0 Å². The van der Waals surface area contributed by atoms with Crippen LogP contribution < -0.4 is 0 Å². The van der Waals surface area contributed by atoms with Gasteiger partial charge in [-0.2, -0.15) is 0 Å². The SMILES string of the molecule is CC=CC(=CC)C(C)=CC(=O)OCC. The highest BCUT2D eigenvalue weighted by Crippen LogP contribution is 2.10. The Morgan fingerprint density at radius 2 is 2.00 bits per heavy atom. The van der Waals surface area contributed by atoms with E-state index in [-0.39, 0.29) is 5.97 Å². The number of carbonyl (C=O) groups is 1. The molecule has 0 aliphatic carbocycles. The maximum absolute atomic E-state index is 11.1. The van der Waals surface area contributed by atoms with E-state index in [0.29, 0.717) is 6.61 Å². The Balaban J connectivity index is 4.57. The van der Waals surface area contributed by atoms with Crippen LogP contribution in [-0.2, 0) is 9.53 Å². The van der Waals surface area contributed by atoms with Crippen LogP contribution in [0.1, 0.15) is 27.7 Å². The molecule has 0 aliphatic rings. The Labute approximate surface area is 86.0 Å². The Morgan fingerprint density at radius 1 is 1.36 bits per heavy atom. The number of esters is 1. The Morgan fingerprint density at radius 3 is 2.43 bits per heavy atom. The van der Waals surface area contributed by atoms with Crippen LogP contribution in [0.2, 0.25) is 0 Å². The fourth-order valence-electron chi connectivity index (χ4n) is 1.08. The fourth-order valence-corrected chi connectivity index (χ4v) is 1.08. The van der Waals surface area contributed by atoms with Crippen LogP contribution in [0.3, 0.4) is 0 Å². The first-order valence-electron chi connectivity index (χ1n) is 4.80. The average molecular weight is 194 g/mol. The van der Waals surface area contributed by atoms with Gasteiger partial charge in [0.2, 0.25) is 0 Å². The summed E-state index contributed by atoms with van der Waals surface area (Å²) in [4.78, 5) is 11.1. The molecule has 0 fully saturated rings. The van der Waals surface area contributed by atoms with Gasteiger partial charge in [-0.3, -0.25) is 0 Å². The number of allylic oxidation sites excluding steroid dienone is 5. The van der Waals surface area contributed by atoms with E-state index in [1.54, 1.807) is 6.92 Å². The third-order valence-corrected chi connectivity index (χ3v) is 1.73. The number of ether oxygens (including phenoxy) is 1. The highest BCUT2D eigenvalue weighted by Gasteiger charge is 1.99. The highest BCUT2D eigenvalue weighted by atomic mass is 16.5. The molecule has 0 unspecified atom stereocenters. The van der Waals surface area contributed by atoms with Crippen LogP contribution in [0, 0.1) is 0 Å². The second kappa shape index (κ2) is 7.13. The molecule has 0 heterocycles. The lowest BCUT2D eigenvalue weighted by molar-refractivity contribution is -0.137. The van der Waals surface area contributed by atoms with Gasteiger partial charge >= 0.3 is 5.97 Å². The summed E-state index contributed by atoms with van der Waals surface area (Å²) >= 11 is 0. The average Bonchev–Trinajstić information content (AvgIpc) is 2.14. The number of hydrogen-bond acceptors (Lipinski definition) is 2. The molecule has 0 rings (SSSR count). The molecule has 0 N–H and O–H groups in total. The molecule has 2 heteroatoms. The summed E-state index contributed by atoms with van der Waals surface area (Å²) in [5.74, 6) is -0.283. The number of rotatable bonds is 4. The lowest BCUT2D eigenvalue weighted by atomic mass is 10.1. The zero-order chi connectivity index (χ0) is 11.0. The highest BCUT2D eigenvalue weighted by molar-refractivity contribution is 5.83. The van der Waals surface area contributed by atoms with Crippen molar-refractivity contribution in [1.29, 1.82) is 0 Å². The van der Waals surface area contributed by atoms with Crippen molar-refractivity contribution in [2.45, 2.75) is 27.7 Å². The summed E-state index contributed by atoms with van der Waals surface area (Å²) in [6.07, 6.45) is 7.38. The minimum Gasteiger partial charge on any atom is -0.463 e. The van der Waals surface area contributed by atoms with E-state index >= 15 is 0 Å². The molecule has 14 heavy (non-hydrogen) atoms. The second-order valence-corrected chi connectivity index (χ2v) is 2.82. The van der Waals surface area contributed by atoms with Crippen molar-refractivity contribution >= 4 is 5.97 Å². The molecule has 78 valence electrons. The molecule has 2 nitrogen and oxygen atoms in total. The van der Waals surface area contributed by atoms with Crippen molar-refractivity contribution in [2.75, 3.05) is 6.61 Å². The summed E-state index contributed by atoms with van der Waals surface area (Å²) in [6, 6.07) is 0. The minimum atomic E-state index is -0.283. The third-order valence-electron chi connectivity index (χ3n) is 1.73. The molecule has 0 aliphatic heterocycles. The van der Waals surface area contributed by atoms with Gasteiger partial charge in [0.15, 0.2) is 0 Å². The van der Waals surface area contributed by atoms with Crippen molar-refractivity contribution in [3.63, 3.8) is 0 Å². The predicted molar refractivity (Wildman–Crippen MR) is 59.0 cm³/mol. The molecule has 0 spiro atoms. The van der Waals surface area contributed by atoms with Gasteiger partial charge in [-0.1, -0.05) is 18.2 Å². The van der Waals surface area contributed by atoms with Crippen LogP contribution in [-0.4, -0.2) is 12.6 Å². The first-order chi connectivity index (χ1) is 6.65. The summed E-state index contributed by atoms with van der Waals surface area (Å²) in [6.45, 7) is 7.99. The van der Waals surface area contributed by atoms with E-state index in [2.05, 4.69) is 0 Å². The van der Waals surface area contributed by atoms with E-state index in [1.165, 1.54) is 6.08 Å². The third kappa shape index (κ3) is 4.65. The van der Waals surface area contributed by atoms with E-state index in [4.69, 9.17) is 4.74 Å². The monoisotopic (exact) mass is 194 g/mol. The maximum Gasteiger partial charge on any atom is 0.331 e. The van der Waals surface area contributed by atoms with Gasteiger partial charge in [0.1, 0.15) is 0 Å². The topological polar surface area (TPSA) is 26.3 Å². The fraction of sp³-hybridized carbons (Fsp3) is 0.417. The zero-order valence-corrected chi connectivity index (χ0v) is 9.33. The van der Waals surface area contributed by atoms with Crippen molar-refractivity contribution in [1.82, 2.24) is 0 Å². The van der Waals surface area contributed by atoms with E-state index in [9.17, 15) is 4.79 Å². The van der Waals surface area contributed by atoms with Gasteiger partial charge in [-0.15, -0.1) is 0 Å². The summed E-state index contributed by atoms with van der Waals surface area (Å²) < 4.78 is 4.82. The van der Waals surface area contributed by atoms with Gasteiger partial charge in [-0.25, -0.2) is 4.79 Å². The lowest BCUT2D eigenvalue weighted by Gasteiger charge is -2.01. The molecule has 0 radical (unpaired) electrons. The molecule has 0 aromatic rings. The maximum atomic E-state index is 11.1. The van der Waals surface area contributed by atoms with Gasteiger partial charge in [0.05, 0.1) is 6.61 Å². The predicted octanol–water partition coefficient (Wildman–Crippen LogP) is 3.02. The quantitative estimate of drug-likeness (QED) is 0.390. The van der Waals surface area contributed by atoms with Crippen LogP contribution >= 0.6 is 0 Å². The minimum absolute atomic E-state index is 0.283. The molecule has 0 amide bonds. The molecular weight excluding hydrogens is 176 g/mol. The van der Waals surface area contributed by atoms with Gasteiger partial charge in [0, 0.05) is 6.08 Å². The number of carbonyl (C=O) groups excluding carboxylic acids is 1. The van der Waals surface area contributed by atoms with Gasteiger partial charge in [0.25, 0.3) is 0 Å². The van der Waals surface area contributed by atoms with Crippen LogP contribution in [0.25, 0.3) is 0 Å². The van der Waals surface area contributed by atoms with Crippen molar-refractivity contribution in [3.8, 4) is 0 Å². The summed E-state index contributed by atoms with van der Waals surface area (Å²) in [5, 5.41) is 0. The Bertz CT molecular complexity index is 270. The van der Waals surface area contributed by atoms with Crippen LogP contribution in [0.5, 0.6) is 0 Å². The smallest absolute Gasteiger partial charge is 0.331 e. The van der Waals surface area contributed by atoms with Crippen molar-refractivity contribution in [3.05, 3.63) is 35.5 Å². The molecule has 0 saturated carbocycles. The standard InChI is InChI=1S/C12H18O2/c1-5-8-11(6-2)10(4)9-12(13)14-7-3/h5-6,8-9H,7H2,1-4H3. The molecular formula is C12H18O2. The molecule has 0 aromatic carbocycles. The second-order valence-electron chi connectivity index (χ2n) is 2.82. The van der Waals surface area contributed by atoms with Crippen LogP contribution in [0.15, 0.2) is 35.5 Å². The Hall–Kier alpha value is -1.31. The first kappa shape index (κ1) is 12.7. The molecule has 0 aromatic heterocycles. The number of hydrogen-bond donors (Lipinski definition) is 0. The van der Waals surface area contributed by atoms with E-state index < -0.39 is 0 Å². The van der Waals surface area contributed by atoms with Crippen molar-refractivity contribution < 1.29 is 9.53 Å². The van der Waals surface area contributed by atoms with Gasteiger partial charge in [-0.05, 0) is 38.8 Å². The Kier molecular flexibility index (Phi) is 6.46. The molecule has 0 saturated heterocycles. The van der Waals surface area contributed by atoms with Gasteiger partial charge < -0.3 is 4.74 Å². The normalized spacial score (nSPS) is 13.4. The van der Waals surface area contributed by atoms with Crippen LogP contribution in [0.4, 0.5) is 0 Å². The largest absolute Gasteiger partial charge is 0.463 e.